The van der Waals surface area contributed by atoms with Crippen molar-refractivity contribution >= 4 is 5.91 Å². The molecule has 4 heteroatoms. The van der Waals surface area contributed by atoms with Gasteiger partial charge in [0.2, 0.25) is 5.91 Å². The highest BCUT2D eigenvalue weighted by Gasteiger charge is 2.36. The van der Waals surface area contributed by atoms with Crippen LogP contribution in [0, 0.1) is 0 Å². The predicted molar refractivity (Wildman–Crippen MR) is 80.0 cm³/mol. The van der Waals surface area contributed by atoms with Crippen molar-refractivity contribution < 1.29 is 4.79 Å². The molecule has 112 valence electrons. The van der Waals surface area contributed by atoms with Gasteiger partial charge in [-0.2, -0.15) is 0 Å². The molecule has 0 bridgehead atoms. The number of rotatable bonds is 6. The third-order valence-corrected chi connectivity index (χ3v) is 4.40. The summed E-state index contributed by atoms with van der Waals surface area (Å²) < 4.78 is 0. The Morgan fingerprint density at radius 1 is 1.16 bits per heavy atom. The second-order valence-corrected chi connectivity index (χ2v) is 6.05. The van der Waals surface area contributed by atoms with Crippen LogP contribution in [0.1, 0.15) is 51.9 Å². The molecule has 1 amide bonds. The Morgan fingerprint density at radius 2 is 1.74 bits per heavy atom. The molecule has 0 aliphatic heterocycles. The zero-order valence-electron chi connectivity index (χ0n) is 13.0. The molecule has 0 heterocycles. The first kappa shape index (κ1) is 16.4. The van der Waals surface area contributed by atoms with E-state index in [4.69, 9.17) is 5.73 Å². The Labute approximate surface area is 118 Å². The maximum Gasteiger partial charge on any atom is 0.236 e. The Balaban J connectivity index is 2.82. The molecule has 1 aliphatic rings. The van der Waals surface area contributed by atoms with Gasteiger partial charge in [0.15, 0.2) is 0 Å². The van der Waals surface area contributed by atoms with Crippen LogP contribution >= 0.6 is 0 Å². The maximum absolute atomic E-state index is 12.1. The molecule has 1 aliphatic carbocycles. The molecule has 4 nitrogen and oxygen atoms in total. The highest BCUT2D eigenvalue weighted by atomic mass is 16.2. The fraction of sp³-hybridized carbons (Fsp3) is 0.933. The Hall–Kier alpha value is -0.610. The standard InChI is InChI=1S/C15H31N3O/c1-4-11-18(12-14(19)17(2)3)15(13-16)9-7-5-6-8-10-15/h4-13,16H2,1-3H3. The lowest BCUT2D eigenvalue weighted by atomic mass is 9.87. The van der Waals surface area contributed by atoms with Gasteiger partial charge in [-0.3, -0.25) is 9.69 Å². The normalized spacial score (nSPS) is 19.2. The van der Waals surface area contributed by atoms with E-state index in [1.807, 2.05) is 14.1 Å². The van der Waals surface area contributed by atoms with Gasteiger partial charge >= 0.3 is 0 Å². The molecule has 19 heavy (non-hydrogen) atoms. The van der Waals surface area contributed by atoms with Crippen molar-refractivity contribution in [2.45, 2.75) is 57.4 Å². The van der Waals surface area contributed by atoms with E-state index in [-0.39, 0.29) is 11.4 Å². The van der Waals surface area contributed by atoms with Crippen LogP contribution in [-0.4, -0.2) is 55.0 Å². The van der Waals surface area contributed by atoms with Crippen LogP contribution in [0.25, 0.3) is 0 Å². The van der Waals surface area contributed by atoms with E-state index in [9.17, 15) is 4.79 Å². The largest absolute Gasteiger partial charge is 0.348 e. The average molecular weight is 269 g/mol. The van der Waals surface area contributed by atoms with Crippen molar-refractivity contribution in [3.05, 3.63) is 0 Å². The molecule has 0 atom stereocenters. The third kappa shape index (κ3) is 4.46. The van der Waals surface area contributed by atoms with Crippen molar-refractivity contribution in [1.29, 1.82) is 0 Å². The minimum absolute atomic E-state index is 0.0537. The van der Waals surface area contributed by atoms with E-state index in [0.717, 1.165) is 25.8 Å². The van der Waals surface area contributed by atoms with E-state index in [2.05, 4.69) is 11.8 Å². The van der Waals surface area contributed by atoms with Crippen molar-refractivity contribution in [3.63, 3.8) is 0 Å². The first-order chi connectivity index (χ1) is 9.05. The summed E-state index contributed by atoms with van der Waals surface area (Å²) >= 11 is 0. The quantitative estimate of drug-likeness (QED) is 0.749. The number of nitrogens with zero attached hydrogens (tertiary/aromatic N) is 2. The molecule has 1 saturated carbocycles. The molecule has 0 aromatic carbocycles. The van der Waals surface area contributed by atoms with Crippen molar-refractivity contribution in [2.24, 2.45) is 5.73 Å². The van der Waals surface area contributed by atoms with Crippen molar-refractivity contribution in [3.8, 4) is 0 Å². The Bertz CT molecular complexity index is 271. The lowest BCUT2D eigenvalue weighted by Gasteiger charge is -2.43. The summed E-state index contributed by atoms with van der Waals surface area (Å²) in [7, 11) is 3.66. The minimum atomic E-state index is 0.0537. The molecule has 1 fully saturated rings. The van der Waals surface area contributed by atoms with Crippen molar-refractivity contribution in [1.82, 2.24) is 9.80 Å². The van der Waals surface area contributed by atoms with Gasteiger partial charge < -0.3 is 10.6 Å². The number of hydrogen-bond donors (Lipinski definition) is 1. The van der Waals surface area contributed by atoms with Gasteiger partial charge in [0.05, 0.1) is 6.54 Å². The van der Waals surface area contributed by atoms with Crippen molar-refractivity contribution in [2.75, 3.05) is 33.7 Å². The molecule has 0 saturated heterocycles. The molecular weight excluding hydrogens is 238 g/mol. The second kappa shape index (κ2) is 7.85. The van der Waals surface area contributed by atoms with E-state index in [1.54, 1.807) is 4.90 Å². The molecule has 0 spiro atoms. The molecule has 0 aromatic rings. The number of carbonyl (C=O) groups excluding carboxylic acids is 1. The lowest BCUT2D eigenvalue weighted by molar-refractivity contribution is -0.131. The Kier molecular flexibility index (Phi) is 6.80. The topological polar surface area (TPSA) is 49.6 Å². The molecule has 2 N–H and O–H groups in total. The summed E-state index contributed by atoms with van der Waals surface area (Å²) in [5, 5.41) is 0. The average Bonchev–Trinajstić information content (AvgIpc) is 2.64. The fourth-order valence-corrected chi connectivity index (χ4v) is 3.09. The van der Waals surface area contributed by atoms with E-state index in [0.29, 0.717) is 13.1 Å². The van der Waals surface area contributed by atoms with Gasteiger partial charge in [-0.15, -0.1) is 0 Å². The zero-order valence-corrected chi connectivity index (χ0v) is 13.0. The lowest BCUT2D eigenvalue weighted by Crippen LogP contribution is -2.56. The van der Waals surface area contributed by atoms with Crippen LogP contribution in [0.5, 0.6) is 0 Å². The van der Waals surface area contributed by atoms with Crippen LogP contribution < -0.4 is 5.73 Å². The molecule has 0 unspecified atom stereocenters. The van der Waals surface area contributed by atoms with E-state index in [1.165, 1.54) is 25.7 Å². The molecular formula is C15H31N3O. The highest BCUT2D eigenvalue weighted by Crippen LogP contribution is 2.32. The molecule has 1 rings (SSSR count). The smallest absolute Gasteiger partial charge is 0.236 e. The number of nitrogens with two attached hydrogens (primary N) is 1. The monoisotopic (exact) mass is 269 g/mol. The number of hydrogen-bond acceptors (Lipinski definition) is 3. The molecule has 0 radical (unpaired) electrons. The van der Waals surface area contributed by atoms with Gasteiger partial charge in [-0.1, -0.05) is 32.6 Å². The number of carbonyl (C=O) groups is 1. The van der Waals surface area contributed by atoms with Gasteiger partial charge in [-0.25, -0.2) is 0 Å². The summed E-state index contributed by atoms with van der Waals surface area (Å²) in [5.74, 6) is 0.186. The highest BCUT2D eigenvalue weighted by molar-refractivity contribution is 5.77. The second-order valence-electron chi connectivity index (χ2n) is 6.05. The SMILES string of the molecule is CCCN(CC(=O)N(C)C)C1(CN)CCCCCC1. The summed E-state index contributed by atoms with van der Waals surface area (Å²) in [5.41, 5.74) is 6.18. The number of likely N-dealkylation sites (N-methyl/N-ethyl adjacent to an activating group) is 1. The predicted octanol–water partition coefficient (Wildman–Crippen LogP) is 1.84. The summed E-state index contributed by atoms with van der Waals surface area (Å²) in [6, 6.07) is 0. The van der Waals surface area contributed by atoms with Gasteiger partial charge in [0.25, 0.3) is 0 Å². The Morgan fingerprint density at radius 3 is 2.16 bits per heavy atom. The molecule has 0 aromatic heterocycles. The number of amides is 1. The summed E-state index contributed by atoms with van der Waals surface area (Å²) in [6.45, 7) is 4.33. The van der Waals surface area contributed by atoms with Crippen LogP contribution in [0.4, 0.5) is 0 Å². The fourth-order valence-electron chi connectivity index (χ4n) is 3.09. The van der Waals surface area contributed by atoms with Gasteiger partial charge in [-0.05, 0) is 25.8 Å². The first-order valence-corrected chi connectivity index (χ1v) is 7.71. The van der Waals surface area contributed by atoms with E-state index >= 15 is 0 Å². The third-order valence-electron chi connectivity index (χ3n) is 4.40. The minimum Gasteiger partial charge on any atom is -0.348 e. The van der Waals surface area contributed by atoms with Gasteiger partial charge in [0.1, 0.15) is 0 Å². The van der Waals surface area contributed by atoms with Crippen LogP contribution in [0.2, 0.25) is 0 Å². The zero-order chi connectivity index (χ0) is 14.3. The van der Waals surface area contributed by atoms with Crippen LogP contribution in [0.15, 0.2) is 0 Å². The summed E-state index contributed by atoms with van der Waals surface area (Å²) in [6.07, 6.45) is 8.46. The van der Waals surface area contributed by atoms with Crippen LogP contribution in [-0.2, 0) is 4.79 Å². The van der Waals surface area contributed by atoms with E-state index < -0.39 is 0 Å². The van der Waals surface area contributed by atoms with Crippen LogP contribution in [0.3, 0.4) is 0 Å². The van der Waals surface area contributed by atoms with Gasteiger partial charge in [0, 0.05) is 26.2 Å². The maximum atomic E-state index is 12.1. The summed E-state index contributed by atoms with van der Waals surface area (Å²) in [4.78, 5) is 16.1. The first-order valence-electron chi connectivity index (χ1n) is 7.71.